The van der Waals surface area contributed by atoms with Crippen LogP contribution in [0.1, 0.15) is 45.4 Å². The summed E-state index contributed by atoms with van der Waals surface area (Å²) in [7, 11) is 0. The van der Waals surface area contributed by atoms with Gasteiger partial charge >= 0.3 is 0 Å². The van der Waals surface area contributed by atoms with E-state index in [0.29, 0.717) is 5.92 Å². The summed E-state index contributed by atoms with van der Waals surface area (Å²) in [4.78, 5) is 0. The van der Waals surface area contributed by atoms with E-state index < -0.39 is 0 Å². The molecule has 0 heterocycles. The first-order chi connectivity index (χ1) is 6.70. The minimum atomic E-state index is -0.195. The lowest BCUT2D eigenvalue weighted by Gasteiger charge is -2.12. The van der Waals surface area contributed by atoms with Gasteiger partial charge in [-0.3, -0.25) is 0 Å². The number of rotatable bonds is 9. The highest BCUT2D eigenvalue weighted by Crippen LogP contribution is 2.12. The van der Waals surface area contributed by atoms with Crippen LogP contribution in [0.5, 0.6) is 0 Å². The molecule has 0 saturated carbocycles. The number of halogens is 1. The third kappa shape index (κ3) is 8.79. The zero-order valence-electron chi connectivity index (χ0n) is 9.08. The quantitative estimate of drug-likeness (QED) is 0.465. The third-order valence-electron chi connectivity index (χ3n) is 2.48. The number of aliphatic hydroxyl groups excluding tert-OH is 2. The summed E-state index contributed by atoms with van der Waals surface area (Å²) in [6, 6.07) is 0. The first-order valence-corrected chi connectivity index (χ1v) is 6.09. The molecule has 0 aromatic heterocycles. The van der Waals surface area contributed by atoms with Crippen LogP contribution < -0.4 is 0 Å². The summed E-state index contributed by atoms with van der Waals surface area (Å²) in [5.74, 6) is 1.03. The molecule has 0 aliphatic carbocycles. The fraction of sp³-hybridized carbons (Fsp3) is 1.00. The number of hydrogen-bond acceptors (Lipinski definition) is 2. The molecule has 86 valence electrons. The van der Waals surface area contributed by atoms with Gasteiger partial charge in [-0.1, -0.05) is 19.8 Å². The van der Waals surface area contributed by atoms with E-state index in [1.807, 2.05) is 6.92 Å². The third-order valence-corrected chi connectivity index (χ3v) is 2.74. The molecule has 0 aliphatic rings. The molecule has 0 spiro atoms. The van der Waals surface area contributed by atoms with Gasteiger partial charge in [-0.15, -0.1) is 11.6 Å². The molecular weight excluding hydrogens is 200 g/mol. The highest BCUT2D eigenvalue weighted by molar-refractivity contribution is 6.17. The van der Waals surface area contributed by atoms with E-state index in [2.05, 4.69) is 0 Å². The van der Waals surface area contributed by atoms with Crippen molar-refractivity contribution in [2.75, 3.05) is 12.5 Å². The first-order valence-electron chi connectivity index (χ1n) is 5.55. The Kier molecular flexibility index (Phi) is 9.90. The van der Waals surface area contributed by atoms with E-state index in [-0.39, 0.29) is 12.7 Å². The Bertz CT molecular complexity index is 120. The maximum Gasteiger partial charge on any atom is 0.0540 e. The summed E-state index contributed by atoms with van der Waals surface area (Å²) >= 11 is 5.55. The van der Waals surface area contributed by atoms with Crippen molar-refractivity contribution in [3.63, 3.8) is 0 Å². The van der Waals surface area contributed by atoms with Gasteiger partial charge in [0.25, 0.3) is 0 Å². The maximum atomic E-state index is 9.58. The van der Waals surface area contributed by atoms with Crippen molar-refractivity contribution in [2.24, 2.45) is 5.92 Å². The zero-order valence-corrected chi connectivity index (χ0v) is 9.84. The molecule has 0 aromatic rings. The van der Waals surface area contributed by atoms with Crippen LogP contribution in [0.2, 0.25) is 0 Å². The van der Waals surface area contributed by atoms with E-state index in [0.717, 1.165) is 44.4 Å². The van der Waals surface area contributed by atoms with Gasteiger partial charge < -0.3 is 10.2 Å². The van der Waals surface area contributed by atoms with Crippen LogP contribution in [0.3, 0.4) is 0 Å². The van der Waals surface area contributed by atoms with Crippen LogP contribution in [-0.2, 0) is 0 Å². The Balaban J connectivity index is 3.23. The summed E-state index contributed by atoms with van der Waals surface area (Å²) in [5, 5.41) is 18.4. The fourth-order valence-electron chi connectivity index (χ4n) is 1.36. The van der Waals surface area contributed by atoms with Crippen LogP contribution in [0, 0.1) is 5.92 Å². The Morgan fingerprint density at radius 1 is 1.07 bits per heavy atom. The molecule has 0 bridgehead atoms. The minimum Gasteiger partial charge on any atom is -0.396 e. The Morgan fingerprint density at radius 2 is 1.79 bits per heavy atom. The lowest BCUT2D eigenvalue weighted by molar-refractivity contribution is 0.133. The normalized spacial score (nSPS) is 15.4. The Hall–Kier alpha value is 0.210. The zero-order chi connectivity index (χ0) is 10.8. The molecule has 3 heteroatoms. The van der Waals surface area contributed by atoms with Gasteiger partial charge in [-0.25, -0.2) is 0 Å². The van der Waals surface area contributed by atoms with Crippen LogP contribution in [-0.4, -0.2) is 28.8 Å². The van der Waals surface area contributed by atoms with Crippen molar-refractivity contribution >= 4 is 11.6 Å². The number of unbranched alkanes of at least 4 members (excludes halogenated alkanes) is 2. The standard InChI is InChI=1S/C11H23ClO2/c1-10(9-13)6-7-11(14)5-3-2-4-8-12/h10-11,13-14H,2-9H2,1H3. The van der Waals surface area contributed by atoms with Gasteiger partial charge in [0, 0.05) is 12.5 Å². The van der Waals surface area contributed by atoms with E-state index in [9.17, 15) is 5.11 Å². The van der Waals surface area contributed by atoms with Crippen LogP contribution in [0.4, 0.5) is 0 Å². The van der Waals surface area contributed by atoms with Gasteiger partial charge in [0.05, 0.1) is 6.10 Å². The minimum absolute atomic E-state index is 0.195. The number of alkyl halides is 1. The van der Waals surface area contributed by atoms with Crippen molar-refractivity contribution in [2.45, 2.75) is 51.6 Å². The van der Waals surface area contributed by atoms with E-state index in [4.69, 9.17) is 16.7 Å². The van der Waals surface area contributed by atoms with Crippen LogP contribution in [0.25, 0.3) is 0 Å². The molecule has 0 rings (SSSR count). The largest absolute Gasteiger partial charge is 0.396 e. The topological polar surface area (TPSA) is 40.5 Å². The maximum absolute atomic E-state index is 9.58. The van der Waals surface area contributed by atoms with Gasteiger partial charge in [0.15, 0.2) is 0 Å². The number of aliphatic hydroxyl groups is 2. The first kappa shape index (κ1) is 14.2. The van der Waals surface area contributed by atoms with Gasteiger partial charge in [0.1, 0.15) is 0 Å². The lowest BCUT2D eigenvalue weighted by Crippen LogP contribution is -2.10. The molecule has 0 fully saturated rings. The van der Waals surface area contributed by atoms with Crippen molar-refractivity contribution in [3.8, 4) is 0 Å². The molecule has 0 aromatic carbocycles. The monoisotopic (exact) mass is 222 g/mol. The predicted octanol–water partition coefficient (Wildman–Crippen LogP) is 2.56. The second kappa shape index (κ2) is 9.75. The SMILES string of the molecule is CC(CO)CCC(O)CCCCCCl. The summed E-state index contributed by atoms with van der Waals surface area (Å²) in [6.07, 6.45) is 5.60. The molecule has 2 N–H and O–H groups in total. The van der Waals surface area contributed by atoms with Gasteiger partial charge in [0.2, 0.25) is 0 Å². The summed E-state index contributed by atoms with van der Waals surface area (Å²) < 4.78 is 0. The molecular formula is C11H23ClO2. The van der Waals surface area contributed by atoms with Gasteiger partial charge in [-0.05, 0) is 31.6 Å². The molecule has 0 saturated heterocycles. The molecule has 14 heavy (non-hydrogen) atoms. The van der Waals surface area contributed by atoms with Crippen molar-refractivity contribution in [3.05, 3.63) is 0 Å². The van der Waals surface area contributed by atoms with Crippen LogP contribution >= 0.6 is 11.6 Å². The average molecular weight is 223 g/mol. The van der Waals surface area contributed by atoms with E-state index in [1.165, 1.54) is 0 Å². The number of hydrogen-bond donors (Lipinski definition) is 2. The van der Waals surface area contributed by atoms with E-state index >= 15 is 0 Å². The highest BCUT2D eigenvalue weighted by Gasteiger charge is 2.06. The fourth-order valence-corrected chi connectivity index (χ4v) is 1.55. The van der Waals surface area contributed by atoms with Crippen molar-refractivity contribution in [1.29, 1.82) is 0 Å². The highest BCUT2D eigenvalue weighted by atomic mass is 35.5. The Morgan fingerprint density at radius 3 is 2.36 bits per heavy atom. The second-order valence-corrected chi connectivity index (χ2v) is 4.44. The smallest absolute Gasteiger partial charge is 0.0540 e. The molecule has 0 amide bonds. The average Bonchev–Trinajstić information content (AvgIpc) is 2.21. The molecule has 0 radical (unpaired) electrons. The Labute approximate surface area is 92.3 Å². The lowest BCUT2D eigenvalue weighted by atomic mass is 10.0. The summed E-state index contributed by atoms with van der Waals surface area (Å²) in [6.45, 7) is 2.22. The molecule has 2 atom stereocenters. The van der Waals surface area contributed by atoms with E-state index in [1.54, 1.807) is 0 Å². The molecule has 2 nitrogen and oxygen atoms in total. The van der Waals surface area contributed by atoms with Crippen molar-refractivity contribution < 1.29 is 10.2 Å². The van der Waals surface area contributed by atoms with Crippen LogP contribution in [0.15, 0.2) is 0 Å². The second-order valence-electron chi connectivity index (χ2n) is 4.06. The molecule has 0 aliphatic heterocycles. The van der Waals surface area contributed by atoms with Crippen molar-refractivity contribution in [1.82, 2.24) is 0 Å². The predicted molar refractivity (Wildman–Crippen MR) is 60.7 cm³/mol. The van der Waals surface area contributed by atoms with Gasteiger partial charge in [-0.2, -0.15) is 0 Å². The molecule has 2 unspecified atom stereocenters. The summed E-state index contributed by atoms with van der Waals surface area (Å²) in [5.41, 5.74) is 0.